The van der Waals surface area contributed by atoms with Gasteiger partial charge < -0.3 is 14.2 Å². The molecule has 1 aromatic rings. The first kappa shape index (κ1) is 21.7. The maximum absolute atomic E-state index is 12.4. The highest BCUT2D eigenvalue weighted by Crippen LogP contribution is 2.37. The van der Waals surface area contributed by atoms with Gasteiger partial charge >= 0.3 is 5.97 Å². The molecular formula is C18H18INO5S2. The zero-order chi connectivity index (χ0) is 20.0. The zero-order valence-electron chi connectivity index (χ0n) is 14.8. The minimum absolute atomic E-state index is 0.151. The predicted molar refractivity (Wildman–Crippen MR) is 118 cm³/mol. The minimum Gasteiger partial charge on any atom is -0.493 e. The van der Waals surface area contributed by atoms with Crippen LogP contribution in [0.5, 0.6) is 11.5 Å². The summed E-state index contributed by atoms with van der Waals surface area (Å²) < 4.78 is 17.0. The van der Waals surface area contributed by atoms with Gasteiger partial charge in [0.15, 0.2) is 18.1 Å². The fourth-order valence-electron chi connectivity index (χ4n) is 2.23. The van der Waals surface area contributed by atoms with Crippen molar-refractivity contribution in [1.29, 1.82) is 0 Å². The molecule has 27 heavy (non-hydrogen) atoms. The minimum atomic E-state index is -0.453. The quantitative estimate of drug-likeness (QED) is 0.171. The molecule has 1 aromatic carbocycles. The normalized spacial score (nSPS) is 15.2. The Morgan fingerprint density at radius 3 is 2.81 bits per heavy atom. The topological polar surface area (TPSA) is 65.1 Å². The molecule has 0 bridgehead atoms. The first-order valence-corrected chi connectivity index (χ1v) is 10.2. The van der Waals surface area contributed by atoms with Gasteiger partial charge in [-0.15, -0.1) is 6.58 Å². The number of amides is 1. The molecule has 0 saturated carbocycles. The van der Waals surface area contributed by atoms with Crippen molar-refractivity contribution in [3.8, 4) is 11.5 Å². The second-order valence-corrected chi connectivity index (χ2v) is 8.05. The van der Waals surface area contributed by atoms with Crippen LogP contribution in [0.3, 0.4) is 0 Å². The molecule has 2 rings (SSSR count). The van der Waals surface area contributed by atoms with Crippen LogP contribution >= 0.6 is 46.6 Å². The molecule has 6 nitrogen and oxygen atoms in total. The number of nitrogens with zero attached hydrogens (tertiary/aromatic N) is 1. The maximum atomic E-state index is 12.4. The Morgan fingerprint density at radius 1 is 1.44 bits per heavy atom. The molecule has 9 heteroatoms. The number of thioether (sulfide) groups is 1. The molecule has 1 heterocycles. The average Bonchev–Trinajstić information content (AvgIpc) is 2.88. The van der Waals surface area contributed by atoms with Gasteiger partial charge in [-0.2, -0.15) is 0 Å². The summed E-state index contributed by atoms with van der Waals surface area (Å²) in [4.78, 5) is 26.0. The molecule has 0 aromatic heterocycles. The van der Waals surface area contributed by atoms with E-state index < -0.39 is 5.97 Å². The molecule has 0 unspecified atom stereocenters. The first-order chi connectivity index (χ1) is 12.9. The summed E-state index contributed by atoms with van der Waals surface area (Å²) in [5.74, 6) is 0.299. The summed E-state index contributed by atoms with van der Waals surface area (Å²) in [7, 11) is 1.51. The van der Waals surface area contributed by atoms with Crippen molar-refractivity contribution in [3.63, 3.8) is 0 Å². The standard InChI is InChI=1S/C18H18INO5S2/c1-4-6-20-17(22)14(27-18(20)26)9-11-7-12(19)16(13(8-11)23-3)25-10-15(21)24-5-2/h4,7-9H,1,5-6,10H2,2-3H3/b14-9-. The molecular weight excluding hydrogens is 501 g/mol. The van der Waals surface area contributed by atoms with Crippen LogP contribution in [-0.4, -0.2) is 48.0 Å². The summed E-state index contributed by atoms with van der Waals surface area (Å²) in [6, 6.07) is 3.58. The SMILES string of the molecule is C=CCN1C(=O)/C(=C/c2cc(I)c(OCC(=O)OCC)c(OC)c2)SC1=S. The van der Waals surface area contributed by atoms with Gasteiger partial charge in [-0.1, -0.05) is 30.1 Å². The Labute approximate surface area is 181 Å². The highest BCUT2D eigenvalue weighted by atomic mass is 127. The Kier molecular flexibility index (Phi) is 8.11. The van der Waals surface area contributed by atoms with Crippen LogP contribution in [0.2, 0.25) is 0 Å². The van der Waals surface area contributed by atoms with E-state index in [1.54, 1.807) is 25.1 Å². The molecule has 0 radical (unpaired) electrons. The van der Waals surface area contributed by atoms with Gasteiger partial charge in [-0.05, 0) is 53.3 Å². The number of rotatable bonds is 8. The second-order valence-electron chi connectivity index (χ2n) is 5.21. The molecule has 1 aliphatic heterocycles. The number of thiocarbonyl (C=S) groups is 1. The van der Waals surface area contributed by atoms with E-state index in [0.717, 1.165) is 9.13 Å². The Morgan fingerprint density at radius 2 is 2.19 bits per heavy atom. The lowest BCUT2D eigenvalue weighted by Crippen LogP contribution is -2.27. The third-order valence-electron chi connectivity index (χ3n) is 3.37. The van der Waals surface area contributed by atoms with E-state index in [1.165, 1.54) is 23.8 Å². The van der Waals surface area contributed by atoms with Crippen LogP contribution in [0.25, 0.3) is 6.08 Å². The van der Waals surface area contributed by atoms with Crippen molar-refractivity contribution < 1.29 is 23.8 Å². The van der Waals surface area contributed by atoms with Crippen molar-refractivity contribution in [2.75, 3.05) is 26.9 Å². The van der Waals surface area contributed by atoms with Crippen molar-refractivity contribution in [2.24, 2.45) is 0 Å². The predicted octanol–water partition coefficient (Wildman–Crippen LogP) is 3.63. The third kappa shape index (κ3) is 5.45. The van der Waals surface area contributed by atoms with Crippen molar-refractivity contribution in [1.82, 2.24) is 4.90 Å². The lowest BCUT2D eigenvalue weighted by atomic mass is 10.2. The highest BCUT2D eigenvalue weighted by molar-refractivity contribution is 14.1. The number of esters is 1. The van der Waals surface area contributed by atoms with E-state index in [2.05, 4.69) is 29.2 Å². The van der Waals surface area contributed by atoms with Crippen molar-refractivity contribution in [2.45, 2.75) is 6.92 Å². The summed E-state index contributed by atoms with van der Waals surface area (Å²) in [5.41, 5.74) is 0.763. The molecule has 0 atom stereocenters. The van der Waals surface area contributed by atoms with Crippen molar-refractivity contribution in [3.05, 3.63) is 38.8 Å². The van der Waals surface area contributed by atoms with E-state index in [1.807, 2.05) is 6.07 Å². The fourth-order valence-corrected chi connectivity index (χ4v) is 4.29. The van der Waals surface area contributed by atoms with Gasteiger partial charge in [-0.3, -0.25) is 9.69 Å². The van der Waals surface area contributed by atoms with Gasteiger partial charge in [0.1, 0.15) is 4.32 Å². The molecule has 144 valence electrons. The van der Waals surface area contributed by atoms with Gasteiger partial charge in [0.05, 0.1) is 22.2 Å². The van der Waals surface area contributed by atoms with Crippen LogP contribution in [0.4, 0.5) is 0 Å². The molecule has 1 saturated heterocycles. The zero-order valence-corrected chi connectivity index (χ0v) is 18.6. The molecule has 1 aliphatic rings. The monoisotopic (exact) mass is 519 g/mol. The largest absolute Gasteiger partial charge is 0.493 e. The van der Waals surface area contributed by atoms with E-state index in [4.69, 9.17) is 26.4 Å². The summed E-state index contributed by atoms with van der Waals surface area (Å²) in [6.07, 6.45) is 3.39. The number of methoxy groups -OCH3 is 1. The maximum Gasteiger partial charge on any atom is 0.344 e. The molecule has 0 spiro atoms. The number of carbonyl (C=O) groups excluding carboxylic acids is 2. The number of ether oxygens (including phenoxy) is 3. The molecule has 0 N–H and O–H groups in total. The Bertz CT molecular complexity index is 809. The summed E-state index contributed by atoms with van der Waals surface area (Å²) in [5, 5.41) is 0. The van der Waals surface area contributed by atoms with Gasteiger partial charge in [0.2, 0.25) is 0 Å². The van der Waals surface area contributed by atoms with E-state index in [-0.39, 0.29) is 12.5 Å². The molecule has 0 aliphatic carbocycles. The van der Waals surface area contributed by atoms with Gasteiger partial charge in [0.25, 0.3) is 5.91 Å². The third-order valence-corrected chi connectivity index (χ3v) is 5.55. The average molecular weight is 519 g/mol. The smallest absolute Gasteiger partial charge is 0.344 e. The summed E-state index contributed by atoms with van der Waals surface area (Å²) >= 11 is 8.58. The number of halogens is 1. The van der Waals surface area contributed by atoms with Crippen molar-refractivity contribution >= 4 is 68.8 Å². The van der Waals surface area contributed by atoms with Crippen LogP contribution in [0.15, 0.2) is 29.7 Å². The highest BCUT2D eigenvalue weighted by Gasteiger charge is 2.31. The lowest BCUT2D eigenvalue weighted by Gasteiger charge is -2.13. The van der Waals surface area contributed by atoms with E-state index in [9.17, 15) is 9.59 Å². The van der Waals surface area contributed by atoms with Crippen LogP contribution in [0.1, 0.15) is 12.5 Å². The Balaban J connectivity index is 2.26. The number of carbonyl (C=O) groups is 2. The van der Waals surface area contributed by atoms with Gasteiger partial charge in [-0.25, -0.2) is 4.79 Å². The number of hydrogen-bond acceptors (Lipinski definition) is 7. The first-order valence-electron chi connectivity index (χ1n) is 7.93. The molecule has 1 amide bonds. The Hall–Kier alpha value is -1.59. The second kappa shape index (κ2) is 10.1. The summed E-state index contributed by atoms with van der Waals surface area (Å²) in [6.45, 7) is 5.83. The van der Waals surface area contributed by atoms with Crippen LogP contribution in [-0.2, 0) is 14.3 Å². The molecule has 1 fully saturated rings. The van der Waals surface area contributed by atoms with Gasteiger partial charge in [0, 0.05) is 6.54 Å². The number of benzene rings is 1. The van der Waals surface area contributed by atoms with Crippen LogP contribution < -0.4 is 9.47 Å². The fraction of sp³-hybridized carbons (Fsp3) is 0.278. The van der Waals surface area contributed by atoms with E-state index >= 15 is 0 Å². The number of hydrogen-bond donors (Lipinski definition) is 0. The van der Waals surface area contributed by atoms with E-state index in [0.29, 0.717) is 33.9 Å². The lowest BCUT2D eigenvalue weighted by molar-refractivity contribution is -0.145. The van der Waals surface area contributed by atoms with Crippen LogP contribution in [0, 0.1) is 3.57 Å².